The largest absolute Gasteiger partial charge is 0.352 e. The van der Waals surface area contributed by atoms with Crippen molar-refractivity contribution in [3.63, 3.8) is 0 Å². The molecule has 3 aromatic rings. The lowest BCUT2D eigenvalue weighted by Gasteiger charge is -2.17. The number of thiophene rings is 1. The highest BCUT2D eigenvalue weighted by Crippen LogP contribution is 2.43. The first-order valence-corrected chi connectivity index (χ1v) is 12.7. The highest BCUT2D eigenvalue weighted by atomic mass is 32.1. The molecular formula is C28H33NO2S. The summed E-state index contributed by atoms with van der Waals surface area (Å²) in [5, 5.41) is 6.69. The summed E-state index contributed by atoms with van der Waals surface area (Å²) in [6.45, 7) is 4.51. The monoisotopic (exact) mass is 447 g/mol. The standard InChI is InChI=1S/C28H33NO2S/c1-19(26-18-32-27-8-4-3-7-25(26)27)16-21-9-10-24(17-21)22-11-13-23(14-12-22)28(31)29-15-5-6-20(2)30/h3-4,7-8,11-14,18-19,21,24H,5-6,9-10,15-17H2,1-2H3,(H,29,31)/t19-,21?,24-/m0/s1. The fraction of sp³-hybridized carbons (Fsp3) is 0.429. The van der Waals surface area contributed by atoms with Gasteiger partial charge in [-0.3, -0.25) is 4.79 Å². The zero-order valence-corrected chi connectivity index (χ0v) is 19.9. The van der Waals surface area contributed by atoms with Gasteiger partial charge in [-0.1, -0.05) is 37.3 Å². The van der Waals surface area contributed by atoms with Crippen molar-refractivity contribution in [1.82, 2.24) is 5.32 Å². The minimum absolute atomic E-state index is 0.0544. The van der Waals surface area contributed by atoms with E-state index in [4.69, 9.17) is 0 Å². The molecule has 1 N–H and O–H groups in total. The number of fused-ring (bicyclic) bond motifs is 1. The highest BCUT2D eigenvalue weighted by Gasteiger charge is 2.28. The van der Waals surface area contributed by atoms with Gasteiger partial charge < -0.3 is 10.1 Å². The van der Waals surface area contributed by atoms with Gasteiger partial charge in [0, 0.05) is 23.2 Å². The summed E-state index contributed by atoms with van der Waals surface area (Å²) in [5.74, 6) is 2.05. The van der Waals surface area contributed by atoms with Crippen LogP contribution in [0.15, 0.2) is 53.9 Å². The van der Waals surface area contributed by atoms with Crippen LogP contribution in [0.4, 0.5) is 0 Å². The molecule has 1 amide bonds. The molecule has 1 heterocycles. The second-order valence-corrected chi connectivity index (χ2v) is 10.3. The SMILES string of the molecule is CC(=O)CCCNC(=O)c1ccc([C@H]2CCC(C[C@H](C)c3csc4ccccc34)C2)cc1. The lowest BCUT2D eigenvalue weighted by Crippen LogP contribution is -2.24. The average molecular weight is 448 g/mol. The minimum Gasteiger partial charge on any atom is -0.352 e. The number of hydrogen-bond acceptors (Lipinski definition) is 3. The number of carbonyl (C=O) groups excluding carboxylic acids is 2. The Morgan fingerprint density at radius 3 is 2.66 bits per heavy atom. The first-order valence-electron chi connectivity index (χ1n) is 11.8. The molecule has 3 nitrogen and oxygen atoms in total. The molecule has 1 fully saturated rings. The van der Waals surface area contributed by atoms with Crippen LogP contribution in [-0.2, 0) is 4.79 Å². The van der Waals surface area contributed by atoms with Gasteiger partial charge in [-0.2, -0.15) is 0 Å². The molecule has 2 aromatic carbocycles. The zero-order chi connectivity index (χ0) is 22.5. The third-order valence-electron chi connectivity index (χ3n) is 6.91. The molecule has 1 aliphatic rings. The molecule has 0 radical (unpaired) electrons. The smallest absolute Gasteiger partial charge is 0.251 e. The maximum absolute atomic E-state index is 12.3. The molecule has 1 unspecified atom stereocenters. The molecule has 1 aromatic heterocycles. The van der Waals surface area contributed by atoms with E-state index in [2.05, 4.69) is 54.0 Å². The number of benzene rings is 2. The number of hydrogen-bond donors (Lipinski definition) is 1. The van der Waals surface area contributed by atoms with E-state index in [0.717, 1.165) is 5.92 Å². The normalized spacial score (nSPS) is 19.2. The van der Waals surface area contributed by atoms with Crippen molar-refractivity contribution >= 4 is 33.1 Å². The van der Waals surface area contributed by atoms with Crippen molar-refractivity contribution < 1.29 is 9.59 Å². The molecule has 168 valence electrons. The van der Waals surface area contributed by atoms with E-state index in [-0.39, 0.29) is 11.7 Å². The van der Waals surface area contributed by atoms with Gasteiger partial charge in [-0.25, -0.2) is 0 Å². The average Bonchev–Trinajstić information content (AvgIpc) is 3.44. The topological polar surface area (TPSA) is 46.2 Å². The summed E-state index contributed by atoms with van der Waals surface area (Å²) in [7, 11) is 0. The zero-order valence-electron chi connectivity index (χ0n) is 19.1. The van der Waals surface area contributed by atoms with Crippen molar-refractivity contribution in [3.8, 4) is 0 Å². The number of carbonyl (C=O) groups is 2. The van der Waals surface area contributed by atoms with E-state index >= 15 is 0 Å². The third kappa shape index (κ3) is 5.47. The van der Waals surface area contributed by atoms with Gasteiger partial charge in [0.05, 0.1) is 0 Å². The van der Waals surface area contributed by atoms with Crippen LogP contribution in [0.25, 0.3) is 10.1 Å². The van der Waals surface area contributed by atoms with Crippen molar-refractivity contribution in [1.29, 1.82) is 0 Å². The van der Waals surface area contributed by atoms with Gasteiger partial charge in [0.2, 0.25) is 0 Å². The number of amides is 1. The maximum atomic E-state index is 12.3. The van der Waals surface area contributed by atoms with Crippen molar-refractivity contribution in [2.24, 2.45) is 5.92 Å². The van der Waals surface area contributed by atoms with E-state index in [1.807, 2.05) is 23.5 Å². The molecule has 4 heteroatoms. The maximum Gasteiger partial charge on any atom is 0.251 e. The molecule has 3 atom stereocenters. The van der Waals surface area contributed by atoms with Gasteiger partial charge in [0.25, 0.3) is 5.91 Å². The number of rotatable bonds is 9. The van der Waals surface area contributed by atoms with Crippen LogP contribution in [0.1, 0.15) is 85.7 Å². The van der Waals surface area contributed by atoms with Crippen LogP contribution < -0.4 is 5.32 Å². The molecule has 4 rings (SSSR count). The van der Waals surface area contributed by atoms with Gasteiger partial charge in [0.15, 0.2) is 0 Å². The molecule has 1 saturated carbocycles. The van der Waals surface area contributed by atoms with E-state index in [1.54, 1.807) is 6.92 Å². The number of Topliss-reactive ketones (excluding diaryl/α,β-unsaturated/α-hetero) is 1. The van der Waals surface area contributed by atoms with E-state index < -0.39 is 0 Å². The second kappa shape index (κ2) is 10.4. The Kier molecular flexibility index (Phi) is 7.41. The van der Waals surface area contributed by atoms with Gasteiger partial charge >= 0.3 is 0 Å². The first-order chi connectivity index (χ1) is 15.5. The fourth-order valence-electron chi connectivity index (χ4n) is 5.15. The summed E-state index contributed by atoms with van der Waals surface area (Å²) in [6.07, 6.45) is 6.22. The molecule has 0 bridgehead atoms. The lowest BCUT2D eigenvalue weighted by molar-refractivity contribution is -0.117. The van der Waals surface area contributed by atoms with Crippen molar-refractivity contribution in [3.05, 3.63) is 70.6 Å². The van der Waals surface area contributed by atoms with E-state index in [9.17, 15) is 9.59 Å². The van der Waals surface area contributed by atoms with Crippen LogP contribution in [0.5, 0.6) is 0 Å². The summed E-state index contributed by atoms with van der Waals surface area (Å²) >= 11 is 1.86. The van der Waals surface area contributed by atoms with Crippen LogP contribution >= 0.6 is 11.3 Å². The lowest BCUT2D eigenvalue weighted by atomic mass is 9.88. The fourth-order valence-corrected chi connectivity index (χ4v) is 6.23. The Morgan fingerprint density at radius 2 is 1.88 bits per heavy atom. The summed E-state index contributed by atoms with van der Waals surface area (Å²) in [6, 6.07) is 16.9. The summed E-state index contributed by atoms with van der Waals surface area (Å²) in [4.78, 5) is 23.3. The van der Waals surface area contributed by atoms with Crippen LogP contribution in [0, 0.1) is 5.92 Å². The Labute approximate surface area is 195 Å². The first kappa shape index (κ1) is 22.7. The Morgan fingerprint density at radius 1 is 1.09 bits per heavy atom. The Bertz CT molecular complexity index is 1070. The van der Waals surface area contributed by atoms with Crippen molar-refractivity contribution in [2.45, 2.75) is 64.2 Å². The van der Waals surface area contributed by atoms with Crippen LogP contribution in [0.2, 0.25) is 0 Å². The third-order valence-corrected chi connectivity index (χ3v) is 7.89. The second-order valence-electron chi connectivity index (χ2n) is 9.38. The quantitative estimate of drug-likeness (QED) is 0.356. The Hall–Kier alpha value is -2.46. The summed E-state index contributed by atoms with van der Waals surface area (Å²) in [5.41, 5.74) is 3.56. The molecule has 0 saturated heterocycles. The van der Waals surface area contributed by atoms with E-state index in [0.29, 0.717) is 36.8 Å². The number of ketones is 1. The van der Waals surface area contributed by atoms with Crippen LogP contribution in [0.3, 0.4) is 0 Å². The summed E-state index contributed by atoms with van der Waals surface area (Å²) < 4.78 is 1.39. The van der Waals surface area contributed by atoms with Gasteiger partial charge in [-0.05, 0) is 96.9 Å². The number of nitrogens with one attached hydrogen (secondary N) is 1. The van der Waals surface area contributed by atoms with Crippen molar-refractivity contribution in [2.75, 3.05) is 6.54 Å². The molecular weight excluding hydrogens is 414 g/mol. The van der Waals surface area contributed by atoms with Gasteiger partial charge in [0.1, 0.15) is 5.78 Å². The molecule has 0 spiro atoms. The Balaban J connectivity index is 1.29. The van der Waals surface area contributed by atoms with Gasteiger partial charge in [-0.15, -0.1) is 11.3 Å². The minimum atomic E-state index is -0.0544. The van der Waals surface area contributed by atoms with E-state index in [1.165, 1.54) is 46.9 Å². The molecule has 0 aliphatic heterocycles. The molecule has 1 aliphatic carbocycles. The predicted octanol–water partition coefficient (Wildman–Crippen LogP) is 7.08. The predicted molar refractivity (Wildman–Crippen MR) is 134 cm³/mol. The molecule has 32 heavy (non-hydrogen) atoms. The van der Waals surface area contributed by atoms with Crippen LogP contribution in [-0.4, -0.2) is 18.2 Å². The highest BCUT2D eigenvalue weighted by molar-refractivity contribution is 7.17.